The minimum atomic E-state index is 0.413. The number of nitrogens with zero attached hydrogens (tertiary/aromatic N) is 2. The molecule has 2 aromatic rings. The van der Waals surface area contributed by atoms with E-state index in [4.69, 9.17) is 9.47 Å². The molecule has 0 unspecified atom stereocenters. The van der Waals surface area contributed by atoms with Crippen molar-refractivity contribution in [3.63, 3.8) is 0 Å². The predicted octanol–water partition coefficient (Wildman–Crippen LogP) is 3.13. The molecule has 0 atom stereocenters. The average molecular weight is 338 g/mol. The number of hydrogen-bond acceptors (Lipinski definition) is 5. The zero-order chi connectivity index (χ0) is 14.2. The van der Waals surface area contributed by atoms with Gasteiger partial charge in [0.15, 0.2) is 0 Å². The molecule has 0 saturated heterocycles. The molecule has 0 aliphatic heterocycles. The Hall–Kier alpha value is -1.82. The van der Waals surface area contributed by atoms with Crippen molar-refractivity contribution in [1.82, 2.24) is 9.97 Å². The topological polar surface area (TPSA) is 56.3 Å². The monoisotopic (exact) mass is 337 g/mol. The first kappa shape index (κ1) is 14.6. The Morgan fingerprint density at radius 3 is 2.65 bits per heavy atom. The second-order valence-electron chi connectivity index (χ2n) is 3.89. The zero-order valence-electron chi connectivity index (χ0n) is 11.2. The van der Waals surface area contributed by atoms with Crippen LogP contribution in [0.1, 0.15) is 6.92 Å². The Balaban J connectivity index is 1.83. The molecule has 0 amide bonds. The maximum atomic E-state index is 5.58. The third-order valence-electron chi connectivity index (χ3n) is 2.38. The standard InChI is InChI=1S/C14H16BrN3O2/c1-2-16-14-17-10-12(15)13(18-14)20-9-8-19-11-6-4-3-5-7-11/h3-7,10H,2,8-9H2,1H3,(H,16,17,18). The molecule has 5 nitrogen and oxygen atoms in total. The molecular weight excluding hydrogens is 322 g/mol. The van der Waals surface area contributed by atoms with E-state index in [0.29, 0.717) is 25.0 Å². The fraction of sp³-hybridized carbons (Fsp3) is 0.286. The van der Waals surface area contributed by atoms with Gasteiger partial charge < -0.3 is 14.8 Å². The van der Waals surface area contributed by atoms with Crippen LogP contribution in [-0.2, 0) is 0 Å². The summed E-state index contributed by atoms with van der Waals surface area (Å²) in [4.78, 5) is 8.38. The SMILES string of the molecule is CCNc1ncc(Br)c(OCCOc2ccccc2)n1. The number of ether oxygens (including phenoxy) is 2. The molecule has 0 bridgehead atoms. The maximum Gasteiger partial charge on any atom is 0.233 e. The summed E-state index contributed by atoms with van der Waals surface area (Å²) in [6, 6.07) is 9.62. The molecule has 106 valence electrons. The highest BCUT2D eigenvalue weighted by Gasteiger charge is 2.05. The molecule has 1 N–H and O–H groups in total. The molecule has 0 saturated carbocycles. The fourth-order valence-electron chi connectivity index (χ4n) is 1.51. The van der Waals surface area contributed by atoms with Crippen LogP contribution in [0, 0.1) is 0 Å². The lowest BCUT2D eigenvalue weighted by Gasteiger charge is -2.10. The van der Waals surface area contributed by atoms with Crippen LogP contribution >= 0.6 is 15.9 Å². The van der Waals surface area contributed by atoms with Gasteiger partial charge in [-0.05, 0) is 35.0 Å². The second-order valence-corrected chi connectivity index (χ2v) is 4.74. The molecule has 2 rings (SSSR count). The van der Waals surface area contributed by atoms with Gasteiger partial charge in [-0.1, -0.05) is 18.2 Å². The van der Waals surface area contributed by atoms with E-state index in [9.17, 15) is 0 Å². The normalized spacial score (nSPS) is 10.1. The van der Waals surface area contributed by atoms with Crippen molar-refractivity contribution < 1.29 is 9.47 Å². The Kier molecular flexibility index (Phi) is 5.61. The van der Waals surface area contributed by atoms with Gasteiger partial charge in [-0.3, -0.25) is 0 Å². The molecular formula is C14H16BrN3O2. The van der Waals surface area contributed by atoms with Crippen molar-refractivity contribution in [2.24, 2.45) is 0 Å². The van der Waals surface area contributed by atoms with E-state index in [0.717, 1.165) is 16.8 Å². The van der Waals surface area contributed by atoms with Gasteiger partial charge in [0.1, 0.15) is 19.0 Å². The number of halogens is 1. The molecule has 0 radical (unpaired) electrons. The van der Waals surface area contributed by atoms with E-state index in [1.807, 2.05) is 37.3 Å². The molecule has 0 aliphatic carbocycles. The van der Waals surface area contributed by atoms with Crippen LogP contribution in [0.4, 0.5) is 5.95 Å². The Morgan fingerprint density at radius 2 is 1.90 bits per heavy atom. The largest absolute Gasteiger partial charge is 0.490 e. The second kappa shape index (κ2) is 7.69. The van der Waals surface area contributed by atoms with Gasteiger partial charge in [-0.25, -0.2) is 4.98 Å². The molecule has 1 aromatic heterocycles. The third-order valence-corrected chi connectivity index (χ3v) is 2.92. The van der Waals surface area contributed by atoms with E-state index >= 15 is 0 Å². The summed E-state index contributed by atoms with van der Waals surface area (Å²) in [6.45, 7) is 3.62. The first-order chi connectivity index (χ1) is 9.79. The van der Waals surface area contributed by atoms with Gasteiger partial charge in [0.05, 0.1) is 10.7 Å². The lowest BCUT2D eigenvalue weighted by atomic mass is 10.3. The first-order valence-electron chi connectivity index (χ1n) is 6.36. The van der Waals surface area contributed by atoms with Gasteiger partial charge in [0.2, 0.25) is 11.8 Å². The van der Waals surface area contributed by atoms with Gasteiger partial charge in [-0.15, -0.1) is 0 Å². The molecule has 20 heavy (non-hydrogen) atoms. The van der Waals surface area contributed by atoms with Crippen molar-refractivity contribution in [1.29, 1.82) is 0 Å². The number of anilines is 1. The number of nitrogens with one attached hydrogen (secondary N) is 1. The summed E-state index contributed by atoms with van der Waals surface area (Å²) >= 11 is 3.36. The van der Waals surface area contributed by atoms with Crippen LogP contribution in [0.3, 0.4) is 0 Å². The molecule has 0 aliphatic rings. The summed E-state index contributed by atoms with van der Waals surface area (Å²) in [5, 5.41) is 3.04. The van der Waals surface area contributed by atoms with Gasteiger partial charge in [0, 0.05) is 6.54 Å². The van der Waals surface area contributed by atoms with Crippen LogP contribution in [0.5, 0.6) is 11.6 Å². The van der Waals surface area contributed by atoms with Crippen molar-refractivity contribution in [2.75, 3.05) is 25.1 Å². The van der Waals surface area contributed by atoms with Crippen molar-refractivity contribution in [3.8, 4) is 11.6 Å². The molecule has 1 aromatic carbocycles. The lowest BCUT2D eigenvalue weighted by molar-refractivity contribution is 0.211. The van der Waals surface area contributed by atoms with E-state index in [-0.39, 0.29) is 0 Å². The summed E-state index contributed by atoms with van der Waals surface area (Å²) in [5.41, 5.74) is 0. The average Bonchev–Trinajstić information content (AvgIpc) is 2.48. The highest BCUT2D eigenvalue weighted by molar-refractivity contribution is 9.10. The Bertz CT molecular complexity index is 537. The highest BCUT2D eigenvalue weighted by Crippen LogP contribution is 2.22. The molecule has 1 heterocycles. The van der Waals surface area contributed by atoms with E-state index < -0.39 is 0 Å². The Morgan fingerprint density at radius 1 is 1.15 bits per heavy atom. The third kappa shape index (κ3) is 4.38. The quantitative estimate of drug-likeness (QED) is 0.786. The number of hydrogen-bond donors (Lipinski definition) is 1. The van der Waals surface area contributed by atoms with Crippen molar-refractivity contribution in [3.05, 3.63) is 41.0 Å². The maximum absolute atomic E-state index is 5.58. The van der Waals surface area contributed by atoms with Gasteiger partial charge in [-0.2, -0.15) is 4.98 Å². The van der Waals surface area contributed by atoms with Crippen molar-refractivity contribution in [2.45, 2.75) is 6.92 Å². The molecule has 6 heteroatoms. The summed E-state index contributed by atoms with van der Waals surface area (Å²) in [7, 11) is 0. The number of benzene rings is 1. The van der Waals surface area contributed by atoms with Crippen LogP contribution in [0.25, 0.3) is 0 Å². The number of rotatable bonds is 7. The predicted molar refractivity (Wildman–Crippen MR) is 81.3 cm³/mol. The number of para-hydroxylation sites is 1. The lowest BCUT2D eigenvalue weighted by Crippen LogP contribution is -2.11. The van der Waals surface area contributed by atoms with E-state index in [2.05, 4.69) is 31.2 Å². The van der Waals surface area contributed by atoms with Gasteiger partial charge >= 0.3 is 0 Å². The summed E-state index contributed by atoms with van der Waals surface area (Å²) in [5.74, 6) is 1.88. The minimum Gasteiger partial charge on any atom is -0.490 e. The van der Waals surface area contributed by atoms with Crippen LogP contribution < -0.4 is 14.8 Å². The summed E-state index contributed by atoms with van der Waals surface area (Å²) in [6.07, 6.45) is 1.67. The fourth-order valence-corrected chi connectivity index (χ4v) is 1.82. The van der Waals surface area contributed by atoms with E-state index in [1.54, 1.807) is 6.20 Å². The first-order valence-corrected chi connectivity index (χ1v) is 7.16. The van der Waals surface area contributed by atoms with E-state index in [1.165, 1.54) is 0 Å². The minimum absolute atomic E-state index is 0.413. The molecule has 0 spiro atoms. The highest BCUT2D eigenvalue weighted by atomic mass is 79.9. The zero-order valence-corrected chi connectivity index (χ0v) is 12.8. The van der Waals surface area contributed by atoms with Crippen LogP contribution in [-0.4, -0.2) is 29.7 Å². The van der Waals surface area contributed by atoms with Crippen LogP contribution in [0.15, 0.2) is 41.0 Å². The molecule has 0 fully saturated rings. The van der Waals surface area contributed by atoms with Gasteiger partial charge in [0.25, 0.3) is 0 Å². The van der Waals surface area contributed by atoms with Crippen LogP contribution in [0.2, 0.25) is 0 Å². The Labute approximate surface area is 126 Å². The number of aromatic nitrogens is 2. The summed E-state index contributed by atoms with van der Waals surface area (Å²) < 4.78 is 11.8. The van der Waals surface area contributed by atoms with Crippen molar-refractivity contribution >= 4 is 21.9 Å². The smallest absolute Gasteiger partial charge is 0.233 e.